The van der Waals surface area contributed by atoms with Crippen LogP contribution in [0, 0.1) is 6.92 Å². The molecule has 0 saturated carbocycles. The van der Waals surface area contributed by atoms with Crippen LogP contribution in [0.2, 0.25) is 0 Å². The second kappa shape index (κ2) is 9.67. The zero-order chi connectivity index (χ0) is 24.4. The number of rotatable bonds is 6. The first-order valence-electron chi connectivity index (χ1n) is 11.5. The van der Waals surface area contributed by atoms with E-state index in [2.05, 4.69) is 20.3 Å². The van der Waals surface area contributed by atoms with E-state index in [0.717, 1.165) is 40.6 Å². The van der Waals surface area contributed by atoms with E-state index in [0.29, 0.717) is 36.3 Å². The predicted octanol–water partition coefficient (Wildman–Crippen LogP) is 3.73. The van der Waals surface area contributed by atoms with E-state index in [4.69, 9.17) is 19.4 Å². The van der Waals surface area contributed by atoms with E-state index in [1.54, 1.807) is 37.5 Å². The van der Waals surface area contributed by atoms with E-state index < -0.39 is 0 Å². The number of ether oxygens (including phenoxy) is 2. The molecule has 1 aliphatic rings. The number of aromatic nitrogens is 5. The van der Waals surface area contributed by atoms with Crippen molar-refractivity contribution in [3.8, 4) is 17.0 Å². The molecule has 0 unspecified atom stereocenters. The summed E-state index contributed by atoms with van der Waals surface area (Å²) in [4.78, 5) is 34.8. The number of aryl methyl sites for hydroxylation is 1. The summed E-state index contributed by atoms with van der Waals surface area (Å²) in [6.07, 6.45) is 8.45. The van der Waals surface area contributed by atoms with E-state index >= 15 is 0 Å². The minimum atomic E-state index is -0.0479. The average Bonchev–Trinajstić information content (AvgIpc) is 3.30. The number of anilines is 2. The fraction of sp³-hybridized carbons (Fsp3) is 0.320. The van der Waals surface area contributed by atoms with Crippen molar-refractivity contribution in [2.45, 2.75) is 25.9 Å². The van der Waals surface area contributed by atoms with Crippen LogP contribution in [0.5, 0.6) is 5.88 Å². The van der Waals surface area contributed by atoms with Crippen LogP contribution in [-0.2, 0) is 4.74 Å². The van der Waals surface area contributed by atoms with Crippen LogP contribution in [0.15, 0.2) is 43.1 Å². The molecular formula is C25H27N7O3. The second-order valence-corrected chi connectivity index (χ2v) is 8.69. The number of fused-ring (bicyclic) bond motifs is 1. The van der Waals surface area contributed by atoms with Crippen LogP contribution in [-0.4, -0.2) is 69.1 Å². The van der Waals surface area contributed by atoms with Crippen molar-refractivity contribution < 1.29 is 14.3 Å². The number of aromatic amines is 1. The standard InChI is InChI=1S/C25H27N7O3/c1-15-10-16(24(33)32(2)3)4-5-20(15)29-25-30-22-21(19(13-28-22)17-11-26-14-27-12-17)23(31-25)35-18-6-8-34-9-7-18/h4-5,10-14,18H,6-9H2,1-3H3,(H2,28,29,30,31). The summed E-state index contributed by atoms with van der Waals surface area (Å²) in [5, 5.41) is 4.07. The van der Waals surface area contributed by atoms with Gasteiger partial charge < -0.3 is 24.7 Å². The molecule has 10 heteroatoms. The number of hydrogen-bond donors (Lipinski definition) is 2. The number of H-pyrrole nitrogens is 1. The van der Waals surface area contributed by atoms with Gasteiger partial charge in [0.05, 0.1) is 18.6 Å². The van der Waals surface area contributed by atoms with Crippen molar-refractivity contribution >= 4 is 28.6 Å². The highest BCUT2D eigenvalue weighted by Gasteiger charge is 2.22. The molecule has 1 saturated heterocycles. The third kappa shape index (κ3) is 4.78. The van der Waals surface area contributed by atoms with Crippen LogP contribution < -0.4 is 10.1 Å². The zero-order valence-corrected chi connectivity index (χ0v) is 19.9. The van der Waals surface area contributed by atoms with Gasteiger partial charge in [0.1, 0.15) is 18.1 Å². The molecule has 0 spiro atoms. The van der Waals surface area contributed by atoms with E-state index in [-0.39, 0.29) is 12.0 Å². The molecule has 1 aromatic carbocycles. The number of nitrogens with zero attached hydrogens (tertiary/aromatic N) is 5. The Bertz CT molecular complexity index is 1350. The highest BCUT2D eigenvalue weighted by atomic mass is 16.5. The molecule has 4 aromatic rings. The summed E-state index contributed by atoms with van der Waals surface area (Å²) in [6, 6.07) is 5.50. The molecule has 1 fully saturated rings. The summed E-state index contributed by atoms with van der Waals surface area (Å²) in [5.41, 5.74) is 4.69. The predicted molar refractivity (Wildman–Crippen MR) is 132 cm³/mol. The lowest BCUT2D eigenvalue weighted by molar-refractivity contribution is 0.0244. The second-order valence-electron chi connectivity index (χ2n) is 8.69. The number of carbonyl (C=O) groups is 1. The third-order valence-electron chi connectivity index (χ3n) is 5.94. The number of amides is 1. The van der Waals surface area contributed by atoms with Gasteiger partial charge >= 0.3 is 0 Å². The largest absolute Gasteiger partial charge is 0.474 e. The smallest absolute Gasteiger partial charge is 0.253 e. The monoisotopic (exact) mass is 473 g/mol. The molecule has 4 heterocycles. The Hall–Kier alpha value is -4.05. The van der Waals surface area contributed by atoms with Crippen LogP contribution in [0.3, 0.4) is 0 Å². The summed E-state index contributed by atoms with van der Waals surface area (Å²) < 4.78 is 11.9. The molecule has 10 nitrogen and oxygen atoms in total. The van der Waals surface area contributed by atoms with Crippen LogP contribution >= 0.6 is 0 Å². The van der Waals surface area contributed by atoms with Crippen molar-refractivity contribution in [1.82, 2.24) is 29.8 Å². The van der Waals surface area contributed by atoms with E-state index in [1.165, 1.54) is 6.33 Å². The Morgan fingerprint density at radius 2 is 1.94 bits per heavy atom. The van der Waals surface area contributed by atoms with E-state index in [1.807, 2.05) is 25.3 Å². The van der Waals surface area contributed by atoms with E-state index in [9.17, 15) is 4.79 Å². The molecule has 0 aliphatic carbocycles. The topological polar surface area (TPSA) is 118 Å². The first-order valence-corrected chi connectivity index (χ1v) is 11.5. The Morgan fingerprint density at radius 1 is 1.17 bits per heavy atom. The number of hydrogen-bond acceptors (Lipinski definition) is 8. The maximum absolute atomic E-state index is 12.3. The lowest BCUT2D eigenvalue weighted by Crippen LogP contribution is -2.26. The van der Waals surface area contributed by atoms with Gasteiger partial charge in [0.25, 0.3) is 5.91 Å². The first kappa shape index (κ1) is 22.7. The number of carbonyl (C=O) groups excluding carboxylic acids is 1. The quantitative estimate of drug-likeness (QED) is 0.435. The van der Waals surface area contributed by atoms with Gasteiger partial charge in [-0.15, -0.1) is 0 Å². The van der Waals surface area contributed by atoms with Gasteiger partial charge in [0.2, 0.25) is 11.8 Å². The summed E-state index contributed by atoms with van der Waals surface area (Å²) in [7, 11) is 3.47. The lowest BCUT2D eigenvalue weighted by atomic mass is 10.1. The molecule has 0 radical (unpaired) electrons. The van der Waals surface area contributed by atoms with Gasteiger partial charge in [-0.2, -0.15) is 9.97 Å². The molecule has 0 atom stereocenters. The molecule has 180 valence electrons. The molecule has 3 aromatic heterocycles. The normalized spacial score (nSPS) is 14.1. The Morgan fingerprint density at radius 3 is 2.66 bits per heavy atom. The van der Waals surface area contributed by atoms with Crippen LogP contribution in [0.4, 0.5) is 11.6 Å². The summed E-state index contributed by atoms with van der Waals surface area (Å²) >= 11 is 0. The lowest BCUT2D eigenvalue weighted by Gasteiger charge is -2.23. The van der Waals surface area contributed by atoms with Crippen LogP contribution in [0.25, 0.3) is 22.2 Å². The van der Waals surface area contributed by atoms with Crippen molar-refractivity contribution in [2.75, 3.05) is 32.6 Å². The molecule has 35 heavy (non-hydrogen) atoms. The maximum Gasteiger partial charge on any atom is 0.253 e. The van der Waals surface area contributed by atoms with Gasteiger partial charge in [-0.05, 0) is 30.7 Å². The maximum atomic E-state index is 12.3. The van der Waals surface area contributed by atoms with Gasteiger partial charge in [-0.1, -0.05) is 0 Å². The van der Waals surface area contributed by atoms with Crippen molar-refractivity contribution in [3.63, 3.8) is 0 Å². The highest BCUT2D eigenvalue weighted by molar-refractivity contribution is 5.98. The SMILES string of the molecule is Cc1cc(C(=O)N(C)C)ccc1Nc1nc(OC2CCOCC2)c2c(-c3cncnc3)c[nH]c2n1. The average molecular weight is 474 g/mol. The third-order valence-corrected chi connectivity index (χ3v) is 5.94. The summed E-state index contributed by atoms with van der Waals surface area (Å²) in [5.74, 6) is 0.835. The minimum Gasteiger partial charge on any atom is -0.474 e. The molecule has 2 N–H and O–H groups in total. The first-order chi connectivity index (χ1) is 17.0. The zero-order valence-electron chi connectivity index (χ0n) is 19.9. The van der Waals surface area contributed by atoms with Gasteiger partial charge in [0.15, 0.2) is 0 Å². The molecule has 0 bridgehead atoms. The van der Waals surface area contributed by atoms with Crippen molar-refractivity contribution in [2.24, 2.45) is 0 Å². The van der Waals surface area contributed by atoms with Crippen molar-refractivity contribution in [3.05, 3.63) is 54.2 Å². The Balaban J connectivity index is 1.52. The molecular weight excluding hydrogens is 446 g/mol. The minimum absolute atomic E-state index is 0.00235. The molecule has 5 rings (SSSR count). The van der Waals surface area contributed by atoms with Gasteiger partial charge in [-0.25, -0.2) is 9.97 Å². The number of nitrogens with one attached hydrogen (secondary N) is 2. The summed E-state index contributed by atoms with van der Waals surface area (Å²) in [6.45, 7) is 3.26. The van der Waals surface area contributed by atoms with Gasteiger partial charge in [-0.3, -0.25) is 4.79 Å². The number of benzene rings is 1. The highest BCUT2D eigenvalue weighted by Crippen LogP contribution is 2.35. The molecule has 1 aliphatic heterocycles. The molecule has 1 amide bonds. The fourth-order valence-electron chi connectivity index (χ4n) is 4.07. The Labute approximate surface area is 202 Å². The van der Waals surface area contributed by atoms with Gasteiger partial charge in [0, 0.05) is 67.9 Å². The fourth-order valence-corrected chi connectivity index (χ4v) is 4.07. The Kier molecular flexibility index (Phi) is 6.28. The van der Waals surface area contributed by atoms with Crippen LogP contribution in [0.1, 0.15) is 28.8 Å². The van der Waals surface area contributed by atoms with Crippen molar-refractivity contribution in [1.29, 1.82) is 0 Å².